The van der Waals surface area contributed by atoms with E-state index in [4.69, 9.17) is 4.74 Å². The zero-order chi connectivity index (χ0) is 15.1. The van der Waals surface area contributed by atoms with E-state index in [2.05, 4.69) is 61.6 Å². The van der Waals surface area contributed by atoms with Crippen molar-refractivity contribution in [3.8, 4) is 5.75 Å². The minimum absolute atomic E-state index is 0.248. The van der Waals surface area contributed by atoms with Gasteiger partial charge in [-0.15, -0.1) is 0 Å². The minimum Gasteiger partial charge on any atom is -0.496 e. The molecule has 0 spiro atoms. The van der Waals surface area contributed by atoms with Gasteiger partial charge in [0.2, 0.25) is 0 Å². The van der Waals surface area contributed by atoms with Crippen LogP contribution in [0, 0.1) is 0 Å². The van der Waals surface area contributed by atoms with Gasteiger partial charge in [0.15, 0.2) is 0 Å². The second-order valence-corrected chi connectivity index (χ2v) is 5.38. The largest absolute Gasteiger partial charge is 0.496 e. The van der Waals surface area contributed by atoms with Crippen LogP contribution >= 0.6 is 0 Å². The van der Waals surface area contributed by atoms with E-state index < -0.39 is 0 Å². The van der Waals surface area contributed by atoms with E-state index in [1.807, 2.05) is 12.1 Å². The molecule has 0 heterocycles. The van der Waals surface area contributed by atoms with E-state index >= 15 is 0 Å². The van der Waals surface area contributed by atoms with Gasteiger partial charge in [-0.3, -0.25) is 0 Å². The summed E-state index contributed by atoms with van der Waals surface area (Å²) in [5.41, 5.74) is 2.55. The summed E-state index contributed by atoms with van der Waals surface area (Å²) in [7, 11) is 1.73. The Bertz CT molecular complexity index is 538. The van der Waals surface area contributed by atoms with Gasteiger partial charge in [0.05, 0.1) is 7.11 Å². The molecule has 0 bridgehead atoms. The number of benzene rings is 2. The van der Waals surface area contributed by atoms with Crippen LogP contribution in [0.4, 0.5) is 0 Å². The second-order valence-electron chi connectivity index (χ2n) is 5.38. The van der Waals surface area contributed by atoms with Gasteiger partial charge in [0.1, 0.15) is 5.75 Å². The third-order valence-electron chi connectivity index (χ3n) is 3.84. The molecule has 0 radical (unpaired) electrons. The predicted octanol–water partition coefficient (Wildman–Crippen LogP) is 4.89. The van der Waals surface area contributed by atoms with Crippen LogP contribution < -0.4 is 10.1 Å². The fourth-order valence-electron chi connectivity index (χ4n) is 2.74. The number of methoxy groups -OCH3 is 1. The number of para-hydroxylation sites is 1. The molecular weight excluding hydrogens is 258 g/mol. The zero-order valence-electron chi connectivity index (χ0n) is 13.2. The summed E-state index contributed by atoms with van der Waals surface area (Å²) < 4.78 is 5.47. The molecule has 0 aliphatic rings. The lowest BCUT2D eigenvalue weighted by Crippen LogP contribution is -2.25. The van der Waals surface area contributed by atoms with Crippen molar-refractivity contribution in [2.75, 3.05) is 7.11 Å². The number of ether oxygens (including phenoxy) is 1. The average Bonchev–Trinajstić information content (AvgIpc) is 2.55. The van der Waals surface area contributed by atoms with E-state index in [0.717, 1.165) is 18.6 Å². The molecule has 2 aromatic carbocycles. The smallest absolute Gasteiger partial charge is 0.123 e. The van der Waals surface area contributed by atoms with Crippen LogP contribution in [-0.4, -0.2) is 7.11 Å². The molecule has 2 rings (SSSR count). The van der Waals surface area contributed by atoms with Gasteiger partial charge in [-0.1, -0.05) is 61.9 Å². The van der Waals surface area contributed by atoms with E-state index in [1.165, 1.54) is 11.1 Å². The first-order chi connectivity index (χ1) is 10.3. The van der Waals surface area contributed by atoms with Gasteiger partial charge >= 0.3 is 0 Å². The molecule has 1 N–H and O–H groups in total. The lowest BCUT2D eigenvalue weighted by Gasteiger charge is -2.25. The third kappa shape index (κ3) is 4.08. The number of hydrogen-bond acceptors (Lipinski definition) is 2. The van der Waals surface area contributed by atoms with Crippen molar-refractivity contribution in [3.05, 3.63) is 65.7 Å². The Kier molecular flexibility index (Phi) is 5.82. The Hall–Kier alpha value is -1.80. The Morgan fingerprint density at radius 1 is 1.00 bits per heavy atom. The molecule has 112 valence electrons. The molecule has 21 heavy (non-hydrogen) atoms. The Balaban J connectivity index is 2.16. The molecule has 2 nitrogen and oxygen atoms in total. The Labute approximate surface area is 128 Å². The summed E-state index contributed by atoms with van der Waals surface area (Å²) in [5.74, 6) is 0.945. The maximum absolute atomic E-state index is 5.47. The number of rotatable bonds is 7. The third-order valence-corrected chi connectivity index (χ3v) is 3.84. The van der Waals surface area contributed by atoms with Crippen LogP contribution in [0.25, 0.3) is 0 Å². The van der Waals surface area contributed by atoms with E-state index in [-0.39, 0.29) is 6.04 Å². The molecule has 0 saturated carbocycles. The molecule has 2 atom stereocenters. The first kappa shape index (κ1) is 15.6. The molecule has 0 fully saturated rings. The highest BCUT2D eigenvalue weighted by Gasteiger charge is 2.16. The molecular formula is C19H25NO. The summed E-state index contributed by atoms with van der Waals surface area (Å²) >= 11 is 0. The summed E-state index contributed by atoms with van der Waals surface area (Å²) in [6, 6.07) is 19.5. The second kappa shape index (κ2) is 7.84. The molecule has 2 heteroatoms. The first-order valence-corrected chi connectivity index (χ1v) is 7.70. The van der Waals surface area contributed by atoms with Gasteiger partial charge < -0.3 is 10.1 Å². The van der Waals surface area contributed by atoms with Gasteiger partial charge in [0, 0.05) is 17.6 Å². The van der Waals surface area contributed by atoms with Crippen molar-refractivity contribution in [3.63, 3.8) is 0 Å². The van der Waals surface area contributed by atoms with E-state index in [0.29, 0.717) is 6.04 Å². The summed E-state index contributed by atoms with van der Waals surface area (Å²) in [6.07, 6.45) is 2.29. The van der Waals surface area contributed by atoms with Crippen LogP contribution in [0.15, 0.2) is 54.6 Å². The number of nitrogens with one attached hydrogen (secondary N) is 1. The Morgan fingerprint density at radius 3 is 2.33 bits per heavy atom. The van der Waals surface area contributed by atoms with Crippen molar-refractivity contribution < 1.29 is 4.74 Å². The lowest BCUT2D eigenvalue weighted by molar-refractivity contribution is 0.389. The zero-order valence-corrected chi connectivity index (χ0v) is 13.2. The van der Waals surface area contributed by atoms with Gasteiger partial charge in [-0.05, 0) is 25.0 Å². The van der Waals surface area contributed by atoms with Crippen molar-refractivity contribution in [1.82, 2.24) is 5.32 Å². The van der Waals surface area contributed by atoms with Crippen LogP contribution in [0.1, 0.15) is 49.9 Å². The van der Waals surface area contributed by atoms with Gasteiger partial charge in [-0.25, -0.2) is 0 Å². The first-order valence-electron chi connectivity index (χ1n) is 7.70. The standard InChI is InChI=1S/C19H25NO/c1-4-10-18(16-11-6-5-7-12-16)20-15(2)17-13-8-9-14-19(17)21-3/h5-9,11-15,18,20H,4,10H2,1-3H3. The molecule has 0 aliphatic heterocycles. The quantitative estimate of drug-likeness (QED) is 0.781. The van der Waals surface area contributed by atoms with Crippen molar-refractivity contribution in [2.45, 2.75) is 38.8 Å². The summed E-state index contributed by atoms with van der Waals surface area (Å²) in [4.78, 5) is 0. The normalized spacial score (nSPS) is 13.7. The van der Waals surface area contributed by atoms with Crippen LogP contribution in [0.3, 0.4) is 0 Å². The minimum atomic E-state index is 0.248. The van der Waals surface area contributed by atoms with Gasteiger partial charge in [0.25, 0.3) is 0 Å². The number of hydrogen-bond donors (Lipinski definition) is 1. The highest BCUT2D eigenvalue weighted by Crippen LogP contribution is 2.28. The molecule has 0 aromatic heterocycles. The van der Waals surface area contributed by atoms with Crippen LogP contribution in [-0.2, 0) is 0 Å². The maximum atomic E-state index is 5.47. The van der Waals surface area contributed by atoms with E-state index in [1.54, 1.807) is 7.11 Å². The monoisotopic (exact) mass is 283 g/mol. The van der Waals surface area contributed by atoms with E-state index in [9.17, 15) is 0 Å². The topological polar surface area (TPSA) is 21.3 Å². The fraction of sp³-hybridized carbons (Fsp3) is 0.368. The van der Waals surface area contributed by atoms with Crippen molar-refractivity contribution in [1.29, 1.82) is 0 Å². The van der Waals surface area contributed by atoms with Gasteiger partial charge in [-0.2, -0.15) is 0 Å². The Morgan fingerprint density at radius 2 is 1.67 bits per heavy atom. The molecule has 2 aromatic rings. The lowest BCUT2D eigenvalue weighted by atomic mass is 9.99. The molecule has 2 unspecified atom stereocenters. The van der Waals surface area contributed by atoms with Crippen LogP contribution in [0.2, 0.25) is 0 Å². The highest BCUT2D eigenvalue weighted by atomic mass is 16.5. The average molecular weight is 283 g/mol. The predicted molar refractivity (Wildman–Crippen MR) is 88.6 cm³/mol. The molecule has 0 amide bonds. The SMILES string of the molecule is CCCC(NC(C)c1ccccc1OC)c1ccccc1. The summed E-state index contributed by atoms with van der Waals surface area (Å²) in [5, 5.41) is 3.75. The van der Waals surface area contributed by atoms with Crippen molar-refractivity contribution in [2.24, 2.45) is 0 Å². The molecule has 0 saturated heterocycles. The van der Waals surface area contributed by atoms with Crippen molar-refractivity contribution >= 4 is 0 Å². The maximum Gasteiger partial charge on any atom is 0.123 e. The molecule has 0 aliphatic carbocycles. The fourth-order valence-corrected chi connectivity index (χ4v) is 2.74. The highest BCUT2D eigenvalue weighted by molar-refractivity contribution is 5.35. The van der Waals surface area contributed by atoms with Crippen LogP contribution in [0.5, 0.6) is 5.75 Å². The summed E-state index contributed by atoms with van der Waals surface area (Å²) in [6.45, 7) is 4.43.